The van der Waals surface area contributed by atoms with E-state index in [1.807, 2.05) is 0 Å². The number of H-pyrrole nitrogens is 1. The zero-order chi connectivity index (χ0) is 12.0. The van der Waals surface area contributed by atoms with E-state index in [4.69, 9.17) is 5.73 Å². The van der Waals surface area contributed by atoms with Crippen LogP contribution in [0.5, 0.6) is 0 Å². The van der Waals surface area contributed by atoms with Crippen LogP contribution >= 0.6 is 0 Å². The maximum atomic E-state index is 13.2. The van der Waals surface area contributed by atoms with E-state index in [1.54, 1.807) is 6.07 Å². The number of carbonyl (C=O) groups is 1. The van der Waals surface area contributed by atoms with Crippen LogP contribution < -0.4 is 5.73 Å². The second-order valence-corrected chi connectivity index (χ2v) is 4.55. The topological polar surface area (TPSA) is 58.9 Å². The quantitative estimate of drug-likeness (QED) is 0.778. The van der Waals surface area contributed by atoms with E-state index in [1.165, 1.54) is 12.1 Å². The van der Waals surface area contributed by atoms with Crippen LogP contribution in [0.15, 0.2) is 18.2 Å². The molecule has 1 aromatic carbocycles. The Morgan fingerprint density at radius 1 is 1.47 bits per heavy atom. The first-order valence-electron chi connectivity index (χ1n) is 5.76. The molecule has 4 heteroatoms. The molecule has 0 radical (unpaired) electrons. The van der Waals surface area contributed by atoms with Gasteiger partial charge in [-0.25, -0.2) is 4.39 Å². The van der Waals surface area contributed by atoms with Gasteiger partial charge in [-0.05, 0) is 43.0 Å². The predicted octanol–water partition coefficient (Wildman–Crippen LogP) is 2.21. The number of aromatic nitrogens is 1. The Morgan fingerprint density at radius 2 is 2.29 bits per heavy atom. The number of hydrogen-bond acceptors (Lipinski definition) is 1. The van der Waals surface area contributed by atoms with Gasteiger partial charge in [0.25, 0.3) is 0 Å². The molecule has 0 spiro atoms. The van der Waals surface area contributed by atoms with Gasteiger partial charge in [-0.3, -0.25) is 4.79 Å². The molecule has 0 aliphatic heterocycles. The number of amides is 1. The summed E-state index contributed by atoms with van der Waals surface area (Å²) in [5.74, 6) is -0.812. The Kier molecular flexibility index (Phi) is 2.18. The van der Waals surface area contributed by atoms with E-state index in [-0.39, 0.29) is 17.6 Å². The number of aryl methyl sites for hydroxylation is 1. The fourth-order valence-electron chi connectivity index (χ4n) is 2.72. The third-order valence-electron chi connectivity index (χ3n) is 3.51. The lowest BCUT2D eigenvalue weighted by molar-refractivity contribution is -0.119. The van der Waals surface area contributed by atoms with Gasteiger partial charge >= 0.3 is 0 Å². The van der Waals surface area contributed by atoms with Gasteiger partial charge in [-0.2, -0.15) is 0 Å². The number of rotatable bonds is 1. The Hall–Kier alpha value is -1.84. The summed E-state index contributed by atoms with van der Waals surface area (Å²) in [5, 5.41) is 0.881. The molecular formula is C13H13FN2O. The lowest BCUT2D eigenvalue weighted by Gasteiger charge is -2.19. The van der Waals surface area contributed by atoms with Crippen molar-refractivity contribution in [2.45, 2.75) is 25.2 Å². The number of halogens is 1. The molecule has 3 nitrogen and oxygen atoms in total. The summed E-state index contributed by atoms with van der Waals surface area (Å²) < 4.78 is 13.2. The highest BCUT2D eigenvalue weighted by Gasteiger charge is 2.27. The molecule has 1 heterocycles. The average molecular weight is 232 g/mol. The van der Waals surface area contributed by atoms with Crippen LogP contribution in [0.3, 0.4) is 0 Å². The van der Waals surface area contributed by atoms with E-state index < -0.39 is 0 Å². The summed E-state index contributed by atoms with van der Waals surface area (Å²) in [6, 6.07) is 4.65. The fourth-order valence-corrected chi connectivity index (χ4v) is 2.72. The molecule has 1 aliphatic rings. The zero-order valence-electron chi connectivity index (χ0n) is 9.29. The molecule has 88 valence electrons. The van der Waals surface area contributed by atoms with Gasteiger partial charge in [0.15, 0.2) is 0 Å². The van der Waals surface area contributed by atoms with Crippen LogP contribution in [-0.2, 0) is 11.2 Å². The molecule has 3 rings (SSSR count). The Bertz CT molecular complexity index is 603. The van der Waals surface area contributed by atoms with E-state index in [0.29, 0.717) is 0 Å². The third kappa shape index (κ3) is 1.52. The first-order chi connectivity index (χ1) is 8.16. The molecular weight excluding hydrogens is 219 g/mol. The highest BCUT2D eigenvalue weighted by Crippen LogP contribution is 2.35. The summed E-state index contributed by atoms with van der Waals surface area (Å²) in [5.41, 5.74) is 8.21. The van der Waals surface area contributed by atoms with Crippen LogP contribution in [-0.4, -0.2) is 10.9 Å². The van der Waals surface area contributed by atoms with Crippen molar-refractivity contribution in [3.63, 3.8) is 0 Å². The van der Waals surface area contributed by atoms with Gasteiger partial charge in [-0.15, -0.1) is 0 Å². The zero-order valence-corrected chi connectivity index (χ0v) is 9.29. The van der Waals surface area contributed by atoms with E-state index in [0.717, 1.165) is 41.4 Å². The van der Waals surface area contributed by atoms with Gasteiger partial charge in [0.05, 0.1) is 5.92 Å². The summed E-state index contributed by atoms with van der Waals surface area (Å²) in [6.07, 6.45) is 2.57. The van der Waals surface area contributed by atoms with Crippen molar-refractivity contribution in [3.8, 4) is 0 Å². The van der Waals surface area contributed by atoms with Gasteiger partial charge in [0, 0.05) is 16.6 Å². The highest BCUT2D eigenvalue weighted by molar-refractivity contribution is 5.89. The maximum absolute atomic E-state index is 13.2. The molecule has 1 amide bonds. The van der Waals surface area contributed by atoms with Crippen molar-refractivity contribution in [1.29, 1.82) is 0 Å². The first-order valence-corrected chi connectivity index (χ1v) is 5.76. The Morgan fingerprint density at radius 3 is 3.06 bits per heavy atom. The number of primary amides is 1. The van der Waals surface area contributed by atoms with Crippen LogP contribution in [0.1, 0.15) is 30.0 Å². The van der Waals surface area contributed by atoms with Gasteiger partial charge in [0.1, 0.15) is 5.82 Å². The number of aromatic amines is 1. The molecule has 0 bridgehead atoms. The van der Waals surface area contributed by atoms with E-state index in [9.17, 15) is 9.18 Å². The number of nitrogens with two attached hydrogens (primary N) is 1. The lowest BCUT2D eigenvalue weighted by atomic mass is 9.86. The highest BCUT2D eigenvalue weighted by atomic mass is 19.1. The van der Waals surface area contributed by atoms with Gasteiger partial charge < -0.3 is 10.7 Å². The summed E-state index contributed by atoms with van der Waals surface area (Å²) in [6.45, 7) is 0. The minimum absolute atomic E-state index is 0.250. The minimum Gasteiger partial charge on any atom is -0.369 e. The van der Waals surface area contributed by atoms with Gasteiger partial charge in [-0.1, -0.05) is 0 Å². The Balaban J connectivity index is 2.25. The molecule has 0 fully saturated rings. The average Bonchev–Trinajstić information content (AvgIpc) is 2.66. The summed E-state index contributed by atoms with van der Waals surface area (Å²) >= 11 is 0. The fraction of sp³-hybridized carbons (Fsp3) is 0.308. The normalized spacial score (nSPS) is 19.2. The van der Waals surface area contributed by atoms with Crippen molar-refractivity contribution in [3.05, 3.63) is 35.3 Å². The third-order valence-corrected chi connectivity index (χ3v) is 3.51. The van der Waals surface area contributed by atoms with Crippen LogP contribution in [0, 0.1) is 5.82 Å². The molecule has 2 aromatic rings. The summed E-state index contributed by atoms with van der Waals surface area (Å²) in [4.78, 5) is 14.6. The van der Waals surface area contributed by atoms with E-state index in [2.05, 4.69) is 4.98 Å². The smallest absolute Gasteiger partial charge is 0.226 e. The number of fused-ring (bicyclic) bond motifs is 3. The van der Waals surface area contributed by atoms with E-state index >= 15 is 0 Å². The van der Waals surface area contributed by atoms with Crippen LogP contribution in [0.25, 0.3) is 10.9 Å². The van der Waals surface area contributed by atoms with Crippen molar-refractivity contribution < 1.29 is 9.18 Å². The van der Waals surface area contributed by atoms with Crippen molar-refractivity contribution in [1.82, 2.24) is 4.98 Å². The first kappa shape index (κ1) is 10.3. The number of hydrogen-bond donors (Lipinski definition) is 2. The molecule has 1 aliphatic carbocycles. The second-order valence-electron chi connectivity index (χ2n) is 4.55. The lowest BCUT2D eigenvalue weighted by Crippen LogP contribution is -2.24. The Labute approximate surface area is 97.8 Å². The summed E-state index contributed by atoms with van der Waals surface area (Å²) in [7, 11) is 0. The molecule has 0 unspecified atom stereocenters. The molecule has 17 heavy (non-hydrogen) atoms. The van der Waals surface area contributed by atoms with Crippen LogP contribution in [0.2, 0.25) is 0 Å². The number of nitrogens with one attached hydrogen (secondary N) is 1. The molecule has 3 N–H and O–H groups in total. The second kappa shape index (κ2) is 3.58. The predicted molar refractivity (Wildman–Crippen MR) is 63.1 cm³/mol. The monoisotopic (exact) mass is 232 g/mol. The van der Waals surface area contributed by atoms with Crippen molar-refractivity contribution >= 4 is 16.8 Å². The maximum Gasteiger partial charge on any atom is 0.226 e. The molecule has 1 aromatic heterocycles. The van der Waals surface area contributed by atoms with Crippen molar-refractivity contribution in [2.24, 2.45) is 5.73 Å². The molecule has 0 saturated carbocycles. The number of benzene rings is 1. The molecule has 0 saturated heterocycles. The standard InChI is InChI=1S/C13H13FN2O/c14-7-4-5-11-10(6-7)8-2-1-3-9(13(15)17)12(8)16-11/h4-6,9,16H,1-3H2,(H2,15,17)/t9-/m1/s1. The largest absolute Gasteiger partial charge is 0.369 e. The van der Waals surface area contributed by atoms with Gasteiger partial charge in [0.2, 0.25) is 5.91 Å². The SMILES string of the molecule is NC(=O)[C@@H]1CCCc2c1[nH]c1ccc(F)cc21. The minimum atomic E-state index is -0.307. The molecule has 1 atom stereocenters. The van der Waals surface area contributed by atoms with Crippen LogP contribution in [0.4, 0.5) is 4.39 Å². The van der Waals surface area contributed by atoms with Crippen molar-refractivity contribution in [2.75, 3.05) is 0 Å². The number of carbonyl (C=O) groups excluding carboxylic acids is 1.